The summed E-state index contributed by atoms with van der Waals surface area (Å²) >= 11 is 0. The minimum Gasteiger partial charge on any atom is -0.489 e. The predicted octanol–water partition coefficient (Wildman–Crippen LogP) is 6.21. The molecule has 0 aliphatic rings. The Morgan fingerprint density at radius 2 is 1.07 bits per heavy atom. The fraction of sp³-hybridized carbons (Fsp3) is 0.500. The van der Waals surface area contributed by atoms with Gasteiger partial charge in [-0.3, -0.25) is 0 Å². The van der Waals surface area contributed by atoms with Crippen molar-refractivity contribution in [2.45, 2.75) is 65.6 Å². The minimum atomic E-state index is -0.591. The first-order valence-corrected chi connectivity index (χ1v) is 13.9. The van der Waals surface area contributed by atoms with Crippen LogP contribution in [0.2, 0.25) is 0 Å². The number of unbranched alkanes of at least 4 members (excludes halogenated alkanes) is 2. The normalized spacial score (nSPS) is 12.4. The van der Waals surface area contributed by atoms with Gasteiger partial charge in [0, 0.05) is 35.1 Å². The molecule has 0 bridgehead atoms. The van der Waals surface area contributed by atoms with Crippen LogP contribution in [0.5, 0.6) is 11.5 Å². The van der Waals surface area contributed by atoms with Crippen LogP contribution in [-0.4, -0.2) is 63.8 Å². The first kappa shape index (κ1) is 32.8. The van der Waals surface area contributed by atoms with Crippen LogP contribution in [0.3, 0.4) is 0 Å². The predicted molar refractivity (Wildman–Crippen MR) is 156 cm³/mol. The Morgan fingerprint density at radius 1 is 0.675 bits per heavy atom. The van der Waals surface area contributed by atoms with E-state index in [1.807, 2.05) is 24.3 Å². The van der Waals surface area contributed by atoms with E-state index in [9.17, 15) is 9.59 Å². The molecule has 0 fully saturated rings. The third-order valence-corrected chi connectivity index (χ3v) is 5.83. The van der Waals surface area contributed by atoms with Gasteiger partial charge in [0.25, 0.3) is 0 Å². The average molecular weight is 557 g/mol. The Kier molecular flexibility index (Phi) is 14.8. The first-order valence-electron chi connectivity index (χ1n) is 13.9. The van der Waals surface area contributed by atoms with E-state index in [2.05, 4.69) is 27.0 Å². The standard InChI is InChI=1S/C32H44O8/c1-7-9-17-35-19-25(39-31(33)23(3)4)21-37-29-15-16-30(28-14-12-11-13-27(28)29)38-22-26(20-36-18-10-8-2)40-32(34)24(5)6/h11-16,25-26H,3,5,7-10,17-22H2,1-2,4,6H3. The second-order valence-corrected chi connectivity index (χ2v) is 9.70. The maximum absolute atomic E-state index is 12.1. The van der Waals surface area contributed by atoms with Crippen LogP contribution in [0.25, 0.3) is 10.8 Å². The number of rotatable bonds is 20. The quantitative estimate of drug-likeness (QED) is 0.108. The fourth-order valence-electron chi connectivity index (χ4n) is 3.52. The molecule has 0 aliphatic heterocycles. The van der Waals surface area contributed by atoms with Crippen molar-refractivity contribution in [3.63, 3.8) is 0 Å². The van der Waals surface area contributed by atoms with Gasteiger partial charge in [0.15, 0.2) is 12.2 Å². The molecule has 2 aromatic rings. The Bertz CT molecular complexity index is 1020. The van der Waals surface area contributed by atoms with Gasteiger partial charge in [-0.15, -0.1) is 0 Å². The highest BCUT2D eigenvalue weighted by atomic mass is 16.6. The van der Waals surface area contributed by atoms with Crippen LogP contribution in [0.15, 0.2) is 60.7 Å². The summed E-state index contributed by atoms with van der Waals surface area (Å²) in [6, 6.07) is 11.3. The largest absolute Gasteiger partial charge is 0.489 e. The zero-order valence-electron chi connectivity index (χ0n) is 24.4. The zero-order chi connectivity index (χ0) is 29.3. The second kappa shape index (κ2) is 18.1. The van der Waals surface area contributed by atoms with Gasteiger partial charge in [-0.05, 0) is 38.8 Å². The van der Waals surface area contributed by atoms with Crippen LogP contribution in [0.1, 0.15) is 53.4 Å². The summed E-state index contributed by atoms with van der Waals surface area (Å²) in [5.41, 5.74) is 0.627. The van der Waals surface area contributed by atoms with E-state index < -0.39 is 24.1 Å². The summed E-state index contributed by atoms with van der Waals surface area (Å²) < 4.78 is 34.7. The van der Waals surface area contributed by atoms with Gasteiger partial charge in [-0.1, -0.05) is 64.1 Å². The molecule has 8 heteroatoms. The van der Waals surface area contributed by atoms with Crippen molar-refractivity contribution in [2.24, 2.45) is 0 Å². The molecule has 2 rings (SSSR count). The molecule has 0 spiro atoms. The van der Waals surface area contributed by atoms with Gasteiger partial charge in [0.2, 0.25) is 0 Å². The SMILES string of the molecule is C=C(C)C(=O)OC(COCCCC)COc1ccc(OCC(COCCCC)OC(=O)C(=C)C)c2ccccc12. The number of esters is 2. The van der Waals surface area contributed by atoms with Gasteiger partial charge >= 0.3 is 11.9 Å². The lowest BCUT2D eigenvalue weighted by molar-refractivity contribution is -0.150. The molecule has 220 valence electrons. The van der Waals surface area contributed by atoms with Crippen LogP contribution in [0, 0.1) is 0 Å². The van der Waals surface area contributed by atoms with E-state index in [4.69, 9.17) is 28.4 Å². The van der Waals surface area contributed by atoms with Gasteiger partial charge in [-0.25, -0.2) is 9.59 Å². The Hall–Kier alpha value is -3.36. The summed E-state index contributed by atoms with van der Waals surface area (Å²) in [5, 5.41) is 1.65. The third kappa shape index (κ3) is 11.4. The molecule has 0 radical (unpaired) electrons. The molecule has 0 aliphatic carbocycles. The molecular weight excluding hydrogens is 512 g/mol. The van der Waals surface area contributed by atoms with E-state index >= 15 is 0 Å². The molecule has 40 heavy (non-hydrogen) atoms. The van der Waals surface area contributed by atoms with Gasteiger partial charge in [-0.2, -0.15) is 0 Å². The molecule has 0 aromatic heterocycles. The van der Waals surface area contributed by atoms with Crippen molar-refractivity contribution >= 4 is 22.7 Å². The lowest BCUT2D eigenvalue weighted by atomic mass is 10.1. The number of hydrogen-bond donors (Lipinski definition) is 0. The number of ether oxygens (including phenoxy) is 6. The van der Waals surface area contributed by atoms with Crippen molar-refractivity contribution in [2.75, 3.05) is 39.6 Å². The van der Waals surface area contributed by atoms with E-state index in [1.165, 1.54) is 0 Å². The van der Waals surface area contributed by atoms with E-state index in [0.29, 0.717) is 35.9 Å². The van der Waals surface area contributed by atoms with Crippen molar-refractivity contribution in [3.8, 4) is 11.5 Å². The van der Waals surface area contributed by atoms with Crippen LogP contribution in [-0.2, 0) is 28.5 Å². The topological polar surface area (TPSA) is 89.5 Å². The Balaban J connectivity index is 2.14. The average Bonchev–Trinajstić information content (AvgIpc) is 2.94. The molecule has 8 nitrogen and oxygen atoms in total. The lowest BCUT2D eigenvalue weighted by Crippen LogP contribution is -2.30. The molecule has 0 heterocycles. The van der Waals surface area contributed by atoms with Gasteiger partial charge in [0.1, 0.15) is 24.7 Å². The van der Waals surface area contributed by atoms with Crippen molar-refractivity contribution < 1.29 is 38.0 Å². The van der Waals surface area contributed by atoms with Crippen LogP contribution < -0.4 is 9.47 Å². The van der Waals surface area contributed by atoms with Gasteiger partial charge < -0.3 is 28.4 Å². The molecule has 0 saturated heterocycles. The van der Waals surface area contributed by atoms with Crippen molar-refractivity contribution in [1.29, 1.82) is 0 Å². The molecule has 2 unspecified atom stereocenters. The molecule has 2 atom stereocenters. The van der Waals surface area contributed by atoms with E-state index in [-0.39, 0.29) is 26.4 Å². The maximum atomic E-state index is 12.1. The lowest BCUT2D eigenvalue weighted by Gasteiger charge is -2.21. The Labute approximate surface area is 238 Å². The van der Waals surface area contributed by atoms with Gasteiger partial charge in [0.05, 0.1) is 13.2 Å². The third-order valence-electron chi connectivity index (χ3n) is 5.83. The first-order chi connectivity index (χ1) is 19.3. The van der Waals surface area contributed by atoms with E-state index in [0.717, 1.165) is 36.5 Å². The summed E-state index contributed by atoms with van der Waals surface area (Å²) in [5.74, 6) is 0.255. The van der Waals surface area contributed by atoms with Crippen molar-refractivity contribution in [1.82, 2.24) is 0 Å². The Morgan fingerprint density at radius 3 is 1.43 bits per heavy atom. The molecule has 0 amide bonds. The molecule has 0 N–H and O–H groups in total. The molecular formula is C32H44O8. The second-order valence-electron chi connectivity index (χ2n) is 9.70. The summed E-state index contributed by atoms with van der Waals surface area (Å²) in [4.78, 5) is 24.3. The zero-order valence-corrected chi connectivity index (χ0v) is 24.4. The van der Waals surface area contributed by atoms with Crippen LogP contribution in [0.4, 0.5) is 0 Å². The number of fused-ring (bicyclic) bond motifs is 1. The number of carbonyl (C=O) groups is 2. The number of benzene rings is 2. The van der Waals surface area contributed by atoms with Crippen molar-refractivity contribution in [3.05, 3.63) is 60.7 Å². The summed E-state index contributed by atoms with van der Waals surface area (Å²) in [7, 11) is 0. The number of hydrogen-bond acceptors (Lipinski definition) is 8. The maximum Gasteiger partial charge on any atom is 0.333 e. The highest BCUT2D eigenvalue weighted by molar-refractivity contribution is 5.93. The minimum absolute atomic E-state index is 0.114. The molecule has 0 saturated carbocycles. The fourth-order valence-corrected chi connectivity index (χ4v) is 3.52. The smallest absolute Gasteiger partial charge is 0.333 e. The van der Waals surface area contributed by atoms with E-state index in [1.54, 1.807) is 26.0 Å². The summed E-state index contributed by atoms with van der Waals surface area (Å²) in [6.45, 7) is 16.5. The molecule has 2 aromatic carbocycles. The highest BCUT2D eigenvalue weighted by Gasteiger charge is 2.20. The summed E-state index contributed by atoms with van der Waals surface area (Å²) in [6.07, 6.45) is 2.68. The monoisotopic (exact) mass is 556 g/mol. The number of carbonyl (C=O) groups excluding carboxylic acids is 2. The highest BCUT2D eigenvalue weighted by Crippen LogP contribution is 2.33. The van der Waals surface area contributed by atoms with Crippen LogP contribution >= 0.6 is 0 Å².